The number of benzene rings is 1. The summed E-state index contributed by atoms with van der Waals surface area (Å²) < 4.78 is 0. The van der Waals surface area contributed by atoms with E-state index >= 15 is 0 Å². The molecule has 0 amide bonds. The Kier molecular flexibility index (Phi) is 4.80. The molecule has 0 heterocycles. The van der Waals surface area contributed by atoms with Gasteiger partial charge in [-0.3, -0.25) is 4.79 Å². The monoisotopic (exact) mass is 230 g/mol. The Labute approximate surface area is 102 Å². The summed E-state index contributed by atoms with van der Waals surface area (Å²) in [6, 6.07) is 7.50. The van der Waals surface area contributed by atoms with Crippen LogP contribution in [0.3, 0.4) is 0 Å². The van der Waals surface area contributed by atoms with Crippen LogP contribution in [-0.4, -0.2) is 6.29 Å². The number of hydrogen-bond donors (Lipinski definition) is 1. The molecule has 0 aliphatic carbocycles. The molecule has 0 saturated heterocycles. The van der Waals surface area contributed by atoms with Crippen LogP contribution in [0.1, 0.15) is 22.8 Å². The van der Waals surface area contributed by atoms with Gasteiger partial charge in [0.2, 0.25) is 0 Å². The van der Waals surface area contributed by atoms with Crippen molar-refractivity contribution in [1.82, 2.24) is 0 Å². The van der Waals surface area contributed by atoms with Gasteiger partial charge in [0.1, 0.15) is 0 Å². The third kappa shape index (κ3) is 3.24. The standard InChI is InChI=1S/C14H14OS/c1-3-13(16)9-8-11(2)14-7-5-4-6-12(14)10-15/h3-10,16H,1H2,2H3/b11-8+,13-9+. The van der Waals surface area contributed by atoms with Gasteiger partial charge in [-0.2, -0.15) is 0 Å². The Balaban J connectivity index is 3.09. The summed E-state index contributed by atoms with van der Waals surface area (Å²) in [6.07, 6.45) is 6.31. The van der Waals surface area contributed by atoms with Gasteiger partial charge < -0.3 is 0 Å². The van der Waals surface area contributed by atoms with Crippen LogP contribution in [0.4, 0.5) is 0 Å². The van der Waals surface area contributed by atoms with Crippen LogP contribution >= 0.6 is 12.6 Å². The van der Waals surface area contributed by atoms with Crippen LogP contribution in [-0.2, 0) is 0 Å². The van der Waals surface area contributed by atoms with E-state index < -0.39 is 0 Å². The molecule has 1 nitrogen and oxygen atoms in total. The van der Waals surface area contributed by atoms with Crippen molar-refractivity contribution in [2.24, 2.45) is 0 Å². The van der Waals surface area contributed by atoms with Crippen LogP contribution < -0.4 is 0 Å². The lowest BCUT2D eigenvalue weighted by Gasteiger charge is -2.03. The molecule has 0 aliphatic heterocycles. The largest absolute Gasteiger partial charge is 0.298 e. The van der Waals surface area contributed by atoms with Gasteiger partial charge in [-0.05, 0) is 24.1 Å². The maximum Gasteiger partial charge on any atom is 0.150 e. The average molecular weight is 230 g/mol. The lowest BCUT2D eigenvalue weighted by atomic mass is 10.0. The van der Waals surface area contributed by atoms with Gasteiger partial charge in [0.25, 0.3) is 0 Å². The molecule has 0 spiro atoms. The van der Waals surface area contributed by atoms with Gasteiger partial charge in [-0.1, -0.05) is 43.0 Å². The van der Waals surface area contributed by atoms with Crippen molar-refractivity contribution >= 4 is 24.5 Å². The SMILES string of the molecule is C=C/C(S)=C\C=C(/C)c1ccccc1C=O. The van der Waals surface area contributed by atoms with E-state index in [0.29, 0.717) is 5.56 Å². The first-order valence-corrected chi connectivity index (χ1v) is 5.38. The zero-order valence-corrected chi connectivity index (χ0v) is 10.1. The molecular formula is C14H14OS. The van der Waals surface area contributed by atoms with Crippen molar-refractivity contribution in [1.29, 1.82) is 0 Å². The second-order valence-corrected chi connectivity index (χ2v) is 3.87. The average Bonchev–Trinajstić information content (AvgIpc) is 2.35. The number of allylic oxidation sites excluding steroid dienone is 4. The zero-order valence-electron chi connectivity index (χ0n) is 9.18. The number of aldehydes is 1. The first kappa shape index (κ1) is 12.5. The van der Waals surface area contributed by atoms with Crippen molar-refractivity contribution in [2.75, 3.05) is 0 Å². The first-order valence-electron chi connectivity index (χ1n) is 4.93. The molecule has 0 N–H and O–H groups in total. The lowest BCUT2D eigenvalue weighted by Crippen LogP contribution is -1.88. The predicted molar refractivity (Wildman–Crippen MR) is 72.7 cm³/mol. The van der Waals surface area contributed by atoms with Crippen molar-refractivity contribution in [3.05, 3.63) is 65.1 Å². The molecule has 0 saturated carbocycles. The second kappa shape index (κ2) is 6.13. The summed E-state index contributed by atoms with van der Waals surface area (Å²) in [6.45, 7) is 5.58. The highest BCUT2D eigenvalue weighted by atomic mass is 32.1. The molecule has 0 bridgehead atoms. The van der Waals surface area contributed by atoms with E-state index in [2.05, 4.69) is 19.2 Å². The smallest absolute Gasteiger partial charge is 0.150 e. The molecular weight excluding hydrogens is 216 g/mol. The number of hydrogen-bond acceptors (Lipinski definition) is 2. The number of thiol groups is 1. The summed E-state index contributed by atoms with van der Waals surface area (Å²) in [5.74, 6) is 0. The second-order valence-electron chi connectivity index (χ2n) is 3.35. The summed E-state index contributed by atoms with van der Waals surface area (Å²) in [5, 5.41) is 0. The Hall–Kier alpha value is -1.54. The molecule has 0 fully saturated rings. The van der Waals surface area contributed by atoms with Crippen LogP contribution in [0.5, 0.6) is 0 Å². The fourth-order valence-corrected chi connectivity index (χ4v) is 1.40. The summed E-state index contributed by atoms with van der Waals surface area (Å²) >= 11 is 4.19. The number of rotatable bonds is 4. The van der Waals surface area contributed by atoms with Gasteiger partial charge in [0, 0.05) is 10.5 Å². The fraction of sp³-hybridized carbons (Fsp3) is 0.0714. The van der Waals surface area contributed by atoms with Crippen molar-refractivity contribution < 1.29 is 4.79 Å². The van der Waals surface area contributed by atoms with E-state index in [-0.39, 0.29) is 0 Å². The molecule has 16 heavy (non-hydrogen) atoms. The summed E-state index contributed by atoms with van der Waals surface area (Å²) in [4.78, 5) is 11.6. The minimum atomic E-state index is 0.698. The van der Waals surface area contributed by atoms with Gasteiger partial charge in [0.15, 0.2) is 6.29 Å². The minimum absolute atomic E-state index is 0.698. The molecule has 0 radical (unpaired) electrons. The predicted octanol–water partition coefficient (Wildman–Crippen LogP) is 3.90. The highest BCUT2D eigenvalue weighted by molar-refractivity contribution is 7.84. The number of carbonyl (C=O) groups excluding carboxylic acids is 1. The maximum absolute atomic E-state index is 10.9. The van der Waals surface area contributed by atoms with E-state index in [1.165, 1.54) is 0 Å². The topological polar surface area (TPSA) is 17.1 Å². The molecule has 0 unspecified atom stereocenters. The quantitative estimate of drug-likeness (QED) is 0.471. The van der Waals surface area contributed by atoms with Gasteiger partial charge in [0.05, 0.1) is 0 Å². The van der Waals surface area contributed by atoms with Gasteiger partial charge >= 0.3 is 0 Å². The van der Waals surface area contributed by atoms with Crippen molar-refractivity contribution in [3.63, 3.8) is 0 Å². The number of carbonyl (C=O) groups is 1. The summed E-state index contributed by atoms with van der Waals surface area (Å²) in [5.41, 5.74) is 2.67. The van der Waals surface area contributed by atoms with Gasteiger partial charge in [-0.25, -0.2) is 0 Å². The van der Waals surface area contributed by atoms with Crippen molar-refractivity contribution in [3.8, 4) is 0 Å². The fourth-order valence-electron chi connectivity index (χ4n) is 1.33. The van der Waals surface area contributed by atoms with Crippen LogP contribution in [0.2, 0.25) is 0 Å². The lowest BCUT2D eigenvalue weighted by molar-refractivity contribution is 0.112. The van der Waals surface area contributed by atoms with Crippen LogP contribution in [0.15, 0.2) is 54.0 Å². The molecule has 1 aromatic carbocycles. The normalized spacial score (nSPS) is 12.4. The third-order valence-corrected chi connectivity index (χ3v) is 2.56. The molecule has 1 rings (SSSR count). The van der Waals surface area contributed by atoms with Gasteiger partial charge in [-0.15, -0.1) is 12.6 Å². The molecule has 0 aliphatic rings. The third-order valence-electron chi connectivity index (χ3n) is 2.23. The molecule has 2 heteroatoms. The maximum atomic E-state index is 10.9. The van der Waals surface area contributed by atoms with E-state index in [0.717, 1.165) is 22.3 Å². The van der Waals surface area contributed by atoms with E-state index in [4.69, 9.17) is 0 Å². The molecule has 1 aromatic rings. The van der Waals surface area contributed by atoms with Crippen molar-refractivity contribution in [2.45, 2.75) is 6.92 Å². The minimum Gasteiger partial charge on any atom is -0.298 e. The van der Waals surface area contributed by atoms with E-state index in [9.17, 15) is 4.79 Å². The Morgan fingerprint density at radius 2 is 2.00 bits per heavy atom. The van der Waals surface area contributed by atoms with Crippen LogP contribution in [0.25, 0.3) is 5.57 Å². The van der Waals surface area contributed by atoms with Crippen LogP contribution in [0, 0.1) is 0 Å². The Bertz CT molecular complexity index is 456. The molecule has 0 atom stereocenters. The highest BCUT2D eigenvalue weighted by Crippen LogP contribution is 2.18. The molecule has 0 aromatic heterocycles. The Morgan fingerprint density at radius 1 is 1.31 bits per heavy atom. The summed E-state index contributed by atoms with van der Waals surface area (Å²) in [7, 11) is 0. The van der Waals surface area contributed by atoms with E-state index in [1.807, 2.05) is 37.3 Å². The first-order chi connectivity index (χ1) is 7.69. The zero-order chi connectivity index (χ0) is 12.0. The Morgan fingerprint density at radius 3 is 2.62 bits per heavy atom. The highest BCUT2D eigenvalue weighted by Gasteiger charge is 2.00. The van der Waals surface area contributed by atoms with E-state index in [1.54, 1.807) is 12.1 Å². The molecule has 82 valence electrons.